The first kappa shape index (κ1) is 15.9. The Bertz CT molecular complexity index is 116. The molecule has 68 valence electrons. The van der Waals surface area contributed by atoms with E-state index in [1.54, 1.807) is 0 Å². The van der Waals surface area contributed by atoms with Crippen LogP contribution >= 0.6 is 8.81 Å². The van der Waals surface area contributed by atoms with Crippen molar-refractivity contribution in [3.05, 3.63) is 0 Å². The van der Waals surface area contributed by atoms with E-state index in [1.807, 2.05) is 0 Å². The quantitative estimate of drug-likeness (QED) is 0.440. The maximum atomic E-state index is 11.0. The zero-order valence-corrected chi connectivity index (χ0v) is 12.5. The standard InChI is InChI=1S/C7H20OPSi2.Li/c1-10(2,3)7(9-8)11(4,5)6;/h7,9H,1-6H3;/q-1;+1. The summed E-state index contributed by atoms with van der Waals surface area (Å²) in [4.78, 5) is 11.6. The van der Waals surface area contributed by atoms with E-state index in [4.69, 9.17) is 0 Å². The maximum Gasteiger partial charge on any atom is 1.00 e. The molecule has 0 rings (SSSR count). The Kier molecular flexibility index (Phi) is 7.06. The van der Waals surface area contributed by atoms with Crippen LogP contribution in [0.15, 0.2) is 0 Å². The molecule has 0 heterocycles. The van der Waals surface area contributed by atoms with Crippen LogP contribution in [0.5, 0.6) is 0 Å². The number of rotatable bonds is 3. The molecule has 0 saturated heterocycles. The van der Waals surface area contributed by atoms with Crippen LogP contribution in [0.1, 0.15) is 0 Å². The van der Waals surface area contributed by atoms with Gasteiger partial charge >= 0.3 is 18.9 Å². The Balaban J connectivity index is 0. The summed E-state index contributed by atoms with van der Waals surface area (Å²) < 4.78 is 0. The smallest absolute Gasteiger partial charge is 0.832 e. The number of hydrogen-bond acceptors (Lipinski definition) is 1. The fourth-order valence-corrected chi connectivity index (χ4v) is 14.9. The average Bonchev–Trinajstić information content (AvgIpc) is 1.56. The van der Waals surface area contributed by atoms with Crippen LogP contribution in [0.3, 0.4) is 0 Å². The molecule has 0 N–H and O–H groups in total. The third kappa shape index (κ3) is 5.22. The molecule has 0 aromatic heterocycles. The van der Waals surface area contributed by atoms with Gasteiger partial charge in [0.15, 0.2) is 0 Å². The van der Waals surface area contributed by atoms with Crippen molar-refractivity contribution in [1.82, 2.24) is 0 Å². The molecule has 0 bridgehead atoms. The summed E-state index contributed by atoms with van der Waals surface area (Å²) >= 11 is 0. The Morgan fingerprint density at radius 2 is 1.17 bits per heavy atom. The van der Waals surface area contributed by atoms with Crippen LogP contribution in [0.2, 0.25) is 39.3 Å². The van der Waals surface area contributed by atoms with Gasteiger partial charge in [-0.25, -0.2) is 8.81 Å². The van der Waals surface area contributed by atoms with E-state index in [0.29, 0.717) is 4.91 Å². The first-order valence-electron chi connectivity index (χ1n) is 4.07. The zero-order chi connectivity index (χ0) is 9.28. The van der Waals surface area contributed by atoms with Crippen LogP contribution < -0.4 is 23.8 Å². The molecule has 0 radical (unpaired) electrons. The molecule has 0 aliphatic rings. The van der Waals surface area contributed by atoms with E-state index in [-0.39, 0.29) is 27.7 Å². The van der Waals surface area contributed by atoms with Gasteiger partial charge in [-0.2, -0.15) is 0 Å². The largest absolute Gasteiger partial charge is 1.00 e. The molecular weight excluding hydrogens is 194 g/mol. The van der Waals surface area contributed by atoms with Crippen molar-refractivity contribution >= 4 is 25.0 Å². The van der Waals surface area contributed by atoms with Gasteiger partial charge in [0.05, 0.1) is 0 Å². The molecule has 12 heavy (non-hydrogen) atoms. The van der Waals surface area contributed by atoms with E-state index in [1.165, 1.54) is 0 Å². The monoisotopic (exact) mass is 214 g/mol. The predicted octanol–water partition coefficient (Wildman–Crippen LogP) is -0.932. The summed E-state index contributed by atoms with van der Waals surface area (Å²) in [5.41, 5.74) is 0. The van der Waals surface area contributed by atoms with Crippen molar-refractivity contribution in [2.24, 2.45) is 0 Å². The minimum Gasteiger partial charge on any atom is -0.832 e. The fourth-order valence-electron chi connectivity index (χ4n) is 1.65. The summed E-state index contributed by atoms with van der Waals surface area (Å²) in [5.74, 6) is 0. The predicted molar refractivity (Wildman–Crippen MR) is 58.8 cm³/mol. The minimum atomic E-state index is -1.16. The first-order valence-corrected chi connectivity index (χ1v) is 12.2. The Morgan fingerprint density at radius 3 is 1.17 bits per heavy atom. The van der Waals surface area contributed by atoms with Gasteiger partial charge in [-0.3, -0.25) is 0 Å². The minimum absolute atomic E-state index is 0. The molecular formula is C7H20LiOPSi2. The molecule has 0 fully saturated rings. The van der Waals surface area contributed by atoms with Crippen molar-refractivity contribution in [2.75, 3.05) is 0 Å². The molecule has 0 saturated carbocycles. The second-order valence-electron chi connectivity index (χ2n) is 5.28. The first-order chi connectivity index (χ1) is 4.69. The van der Waals surface area contributed by atoms with E-state index in [0.717, 1.165) is 0 Å². The average molecular weight is 214 g/mol. The molecule has 0 aromatic carbocycles. The van der Waals surface area contributed by atoms with Gasteiger partial charge < -0.3 is 4.89 Å². The van der Waals surface area contributed by atoms with Gasteiger partial charge in [-0.05, 0) is 4.91 Å². The normalized spacial score (nSPS) is 14.0. The maximum absolute atomic E-state index is 11.0. The van der Waals surface area contributed by atoms with Gasteiger partial charge in [-0.15, -0.1) is 0 Å². The Labute approximate surface area is 92.8 Å². The molecule has 0 spiro atoms. The fraction of sp³-hybridized carbons (Fsp3) is 1.00. The van der Waals surface area contributed by atoms with Crippen molar-refractivity contribution in [3.8, 4) is 0 Å². The van der Waals surface area contributed by atoms with Crippen LogP contribution in [0.25, 0.3) is 0 Å². The van der Waals surface area contributed by atoms with Crippen molar-refractivity contribution in [2.45, 2.75) is 44.2 Å². The van der Waals surface area contributed by atoms with E-state index in [9.17, 15) is 4.89 Å². The second-order valence-corrected chi connectivity index (χ2v) is 18.4. The van der Waals surface area contributed by atoms with Gasteiger partial charge in [0.1, 0.15) is 0 Å². The van der Waals surface area contributed by atoms with E-state index in [2.05, 4.69) is 39.3 Å². The van der Waals surface area contributed by atoms with Crippen molar-refractivity contribution in [3.63, 3.8) is 0 Å². The van der Waals surface area contributed by atoms with E-state index < -0.39 is 16.1 Å². The molecule has 5 heteroatoms. The SMILES string of the molecule is C[Si](C)(C)C(P[O-])[Si](C)(C)C.[Li+]. The molecule has 1 atom stereocenters. The Morgan fingerprint density at radius 1 is 0.917 bits per heavy atom. The summed E-state index contributed by atoms with van der Waals surface area (Å²) in [6, 6.07) is 0. The van der Waals surface area contributed by atoms with Gasteiger partial charge in [0.2, 0.25) is 0 Å². The summed E-state index contributed by atoms with van der Waals surface area (Å²) in [6.07, 6.45) is 0. The summed E-state index contributed by atoms with van der Waals surface area (Å²) in [6.45, 7) is 13.9. The second kappa shape index (κ2) is 5.34. The van der Waals surface area contributed by atoms with Crippen LogP contribution in [0.4, 0.5) is 0 Å². The van der Waals surface area contributed by atoms with Crippen LogP contribution in [-0.4, -0.2) is 21.1 Å². The van der Waals surface area contributed by atoms with Crippen LogP contribution in [-0.2, 0) is 0 Å². The third-order valence-corrected chi connectivity index (χ3v) is 16.6. The Hall–Kier alpha value is 1.42. The zero-order valence-electron chi connectivity index (χ0n) is 9.49. The summed E-state index contributed by atoms with van der Waals surface area (Å²) in [5, 5.41) is 0. The molecule has 1 nitrogen and oxygen atoms in total. The topological polar surface area (TPSA) is 23.1 Å². The van der Waals surface area contributed by atoms with Crippen LogP contribution in [0, 0.1) is 0 Å². The molecule has 0 amide bonds. The molecule has 0 aliphatic heterocycles. The third-order valence-electron chi connectivity index (χ3n) is 1.85. The van der Waals surface area contributed by atoms with Gasteiger partial charge in [0, 0.05) is 16.1 Å². The number of hydrogen-bond donors (Lipinski definition) is 0. The molecule has 0 aromatic rings. The van der Waals surface area contributed by atoms with Crippen molar-refractivity contribution < 1.29 is 23.8 Å². The molecule has 1 unspecified atom stereocenters. The van der Waals surface area contributed by atoms with Gasteiger partial charge in [0.25, 0.3) is 0 Å². The molecule has 0 aliphatic carbocycles. The van der Waals surface area contributed by atoms with E-state index >= 15 is 0 Å². The summed E-state index contributed by atoms with van der Waals surface area (Å²) in [7, 11) is -2.40. The van der Waals surface area contributed by atoms with Crippen molar-refractivity contribution in [1.29, 1.82) is 0 Å². The van der Waals surface area contributed by atoms with Gasteiger partial charge in [-0.1, -0.05) is 39.3 Å².